The summed E-state index contributed by atoms with van der Waals surface area (Å²) >= 11 is 5.79. The first-order valence-electron chi connectivity index (χ1n) is 9.80. The van der Waals surface area contributed by atoms with Crippen molar-refractivity contribution in [1.29, 1.82) is 0 Å². The second-order valence-electron chi connectivity index (χ2n) is 6.94. The third kappa shape index (κ3) is 6.22. The van der Waals surface area contributed by atoms with Crippen LogP contribution in [-0.4, -0.2) is 35.1 Å². The van der Waals surface area contributed by atoms with E-state index in [0.717, 1.165) is 11.6 Å². The SMILES string of the molecule is COc1ccc(CCNS(=O)(=O)c2ccc(NC(=O)c3ccc(Cl)cc3)c(F)c2)cc1OC. The number of hydrogen-bond donors (Lipinski definition) is 2. The van der Waals surface area contributed by atoms with Crippen molar-refractivity contribution in [3.8, 4) is 11.5 Å². The molecule has 0 saturated carbocycles. The van der Waals surface area contributed by atoms with Gasteiger partial charge in [-0.25, -0.2) is 17.5 Å². The highest BCUT2D eigenvalue weighted by molar-refractivity contribution is 7.89. The number of halogens is 2. The molecule has 3 rings (SSSR count). The van der Waals surface area contributed by atoms with E-state index in [0.29, 0.717) is 22.9 Å². The van der Waals surface area contributed by atoms with Crippen LogP contribution in [0.5, 0.6) is 11.5 Å². The Morgan fingerprint density at radius 3 is 2.30 bits per heavy atom. The first-order valence-corrected chi connectivity index (χ1v) is 11.7. The Hall–Kier alpha value is -3.14. The molecular formula is C23H22ClFN2O5S. The summed E-state index contributed by atoms with van der Waals surface area (Å²) in [7, 11) is -0.916. The molecule has 0 fully saturated rings. The molecule has 0 aliphatic rings. The van der Waals surface area contributed by atoms with Crippen LogP contribution in [0.1, 0.15) is 15.9 Å². The number of ether oxygens (including phenoxy) is 2. The molecule has 0 aliphatic carbocycles. The Morgan fingerprint density at radius 1 is 0.970 bits per heavy atom. The lowest BCUT2D eigenvalue weighted by Gasteiger charge is -2.11. The molecule has 0 bridgehead atoms. The summed E-state index contributed by atoms with van der Waals surface area (Å²) in [5.74, 6) is -0.314. The van der Waals surface area contributed by atoms with Crippen molar-refractivity contribution in [2.75, 3.05) is 26.1 Å². The molecule has 3 aromatic carbocycles. The standard InChI is InChI=1S/C23H22ClFN2O5S/c1-31-21-10-3-15(13-22(21)32-2)11-12-26-33(29,30)18-8-9-20(19(25)14-18)27-23(28)16-4-6-17(24)7-5-16/h3-10,13-14,26H,11-12H2,1-2H3,(H,27,28). The van der Waals surface area contributed by atoms with E-state index in [1.165, 1.54) is 50.6 Å². The first kappa shape index (κ1) is 24.5. The largest absolute Gasteiger partial charge is 0.493 e. The highest BCUT2D eigenvalue weighted by atomic mass is 35.5. The lowest BCUT2D eigenvalue weighted by molar-refractivity contribution is 0.102. The van der Waals surface area contributed by atoms with E-state index in [-0.39, 0.29) is 22.7 Å². The number of nitrogens with one attached hydrogen (secondary N) is 2. The molecule has 0 spiro atoms. The molecule has 0 atom stereocenters. The van der Waals surface area contributed by atoms with Crippen LogP contribution in [0, 0.1) is 5.82 Å². The normalized spacial score (nSPS) is 11.2. The Labute approximate surface area is 196 Å². The van der Waals surface area contributed by atoms with Crippen LogP contribution in [0.25, 0.3) is 0 Å². The minimum atomic E-state index is -3.96. The summed E-state index contributed by atoms with van der Waals surface area (Å²) in [4.78, 5) is 12.0. The van der Waals surface area contributed by atoms with Crippen molar-refractivity contribution in [2.45, 2.75) is 11.3 Å². The number of anilines is 1. The van der Waals surface area contributed by atoms with Gasteiger partial charge in [0, 0.05) is 17.1 Å². The highest BCUT2D eigenvalue weighted by Crippen LogP contribution is 2.27. The number of amides is 1. The van der Waals surface area contributed by atoms with Crippen LogP contribution in [0.15, 0.2) is 65.6 Å². The second kappa shape index (κ2) is 10.7. The van der Waals surface area contributed by atoms with Gasteiger partial charge in [-0.1, -0.05) is 17.7 Å². The van der Waals surface area contributed by atoms with Gasteiger partial charge in [-0.05, 0) is 66.6 Å². The summed E-state index contributed by atoms with van der Waals surface area (Å²) in [5, 5.41) is 2.88. The molecular weight excluding hydrogens is 471 g/mol. The molecule has 0 heterocycles. The maximum atomic E-state index is 14.5. The maximum absolute atomic E-state index is 14.5. The van der Waals surface area contributed by atoms with Gasteiger partial charge in [-0.2, -0.15) is 0 Å². The van der Waals surface area contributed by atoms with Crippen LogP contribution < -0.4 is 19.5 Å². The van der Waals surface area contributed by atoms with Crippen molar-refractivity contribution >= 4 is 33.2 Å². The van der Waals surface area contributed by atoms with Crippen molar-refractivity contribution < 1.29 is 27.1 Å². The third-order valence-corrected chi connectivity index (χ3v) is 6.47. The molecule has 0 radical (unpaired) electrons. The lowest BCUT2D eigenvalue weighted by atomic mass is 10.1. The zero-order valence-electron chi connectivity index (χ0n) is 17.9. The van der Waals surface area contributed by atoms with Crippen LogP contribution >= 0.6 is 11.6 Å². The monoisotopic (exact) mass is 492 g/mol. The molecule has 0 aromatic heterocycles. The van der Waals surface area contributed by atoms with Gasteiger partial charge in [0.15, 0.2) is 11.5 Å². The Balaban J connectivity index is 1.64. The van der Waals surface area contributed by atoms with Crippen molar-refractivity contribution in [3.63, 3.8) is 0 Å². The fraction of sp³-hybridized carbons (Fsp3) is 0.174. The van der Waals surface area contributed by atoms with Gasteiger partial charge in [0.25, 0.3) is 5.91 Å². The number of carbonyl (C=O) groups is 1. The molecule has 3 aromatic rings. The van der Waals surface area contributed by atoms with Gasteiger partial charge >= 0.3 is 0 Å². The third-order valence-electron chi connectivity index (χ3n) is 4.76. The highest BCUT2D eigenvalue weighted by Gasteiger charge is 2.17. The number of rotatable bonds is 9. The fourth-order valence-corrected chi connectivity index (χ4v) is 4.18. The van der Waals surface area contributed by atoms with Gasteiger partial charge in [0.2, 0.25) is 10.0 Å². The lowest BCUT2D eigenvalue weighted by Crippen LogP contribution is -2.26. The molecule has 1 amide bonds. The smallest absolute Gasteiger partial charge is 0.255 e. The minimum absolute atomic E-state index is 0.0918. The quantitative estimate of drug-likeness (QED) is 0.465. The zero-order chi connectivity index (χ0) is 24.0. The van der Waals surface area contributed by atoms with Gasteiger partial charge in [0.05, 0.1) is 24.8 Å². The average Bonchev–Trinajstić information content (AvgIpc) is 2.80. The summed E-state index contributed by atoms with van der Waals surface area (Å²) in [6.07, 6.45) is 0.386. The Morgan fingerprint density at radius 2 is 1.67 bits per heavy atom. The number of sulfonamides is 1. The summed E-state index contributed by atoms with van der Waals surface area (Å²) in [5.41, 5.74) is 0.980. The van der Waals surface area contributed by atoms with Crippen LogP contribution in [0.4, 0.5) is 10.1 Å². The van der Waals surface area contributed by atoms with Crippen LogP contribution in [0.2, 0.25) is 5.02 Å². The van der Waals surface area contributed by atoms with Gasteiger partial charge < -0.3 is 14.8 Å². The number of hydrogen-bond acceptors (Lipinski definition) is 5. The van der Waals surface area contributed by atoms with E-state index in [1.807, 2.05) is 0 Å². The van der Waals surface area contributed by atoms with Gasteiger partial charge in [-0.15, -0.1) is 0 Å². The van der Waals surface area contributed by atoms with E-state index in [9.17, 15) is 17.6 Å². The van der Waals surface area contributed by atoms with Crippen LogP contribution in [-0.2, 0) is 16.4 Å². The van der Waals surface area contributed by atoms with Gasteiger partial charge in [-0.3, -0.25) is 4.79 Å². The Kier molecular flexibility index (Phi) is 7.91. The van der Waals surface area contributed by atoms with E-state index in [4.69, 9.17) is 21.1 Å². The molecule has 7 nitrogen and oxygen atoms in total. The molecule has 0 unspecified atom stereocenters. The summed E-state index contributed by atoms with van der Waals surface area (Å²) in [6, 6.07) is 14.6. The molecule has 33 heavy (non-hydrogen) atoms. The van der Waals surface area contributed by atoms with Crippen molar-refractivity contribution in [2.24, 2.45) is 0 Å². The average molecular weight is 493 g/mol. The number of benzene rings is 3. The van der Waals surface area contributed by atoms with E-state index < -0.39 is 21.7 Å². The zero-order valence-corrected chi connectivity index (χ0v) is 19.5. The molecule has 0 saturated heterocycles. The fourth-order valence-electron chi connectivity index (χ4n) is 3.01. The molecule has 2 N–H and O–H groups in total. The maximum Gasteiger partial charge on any atom is 0.255 e. The number of methoxy groups -OCH3 is 2. The number of carbonyl (C=O) groups excluding carboxylic acids is 1. The van der Waals surface area contributed by atoms with Crippen molar-refractivity contribution in [3.05, 3.63) is 82.6 Å². The van der Waals surface area contributed by atoms with Crippen molar-refractivity contribution in [1.82, 2.24) is 4.72 Å². The second-order valence-corrected chi connectivity index (χ2v) is 9.14. The van der Waals surface area contributed by atoms with E-state index in [2.05, 4.69) is 10.0 Å². The van der Waals surface area contributed by atoms with Crippen LogP contribution in [0.3, 0.4) is 0 Å². The molecule has 0 aliphatic heterocycles. The first-order chi connectivity index (χ1) is 15.7. The van der Waals surface area contributed by atoms with E-state index in [1.54, 1.807) is 18.2 Å². The van der Waals surface area contributed by atoms with Gasteiger partial charge in [0.1, 0.15) is 5.82 Å². The predicted octanol–water partition coefficient (Wildman–Crippen LogP) is 4.27. The Bertz CT molecular complexity index is 1250. The summed E-state index contributed by atoms with van der Waals surface area (Å²) in [6.45, 7) is 0.0918. The predicted molar refractivity (Wildman–Crippen MR) is 124 cm³/mol. The van der Waals surface area contributed by atoms with E-state index >= 15 is 0 Å². The molecule has 174 valence electrons. The summed E-state index contributed by atoms with van der Waals surface area (Å²) < 4.78 is 52.5. The topological polar surface area (TPSA) is 93.7 Å². The minimum Gasteiger partial charge on any atom is -0.493 e. The molecule has 10 heteroatoms.